The van der Waals surface area contributed by atoms with E-state index in [0.717, 1.165) is 4.90 Å². The average molecular weight is 353 g/mol. The van der Waals surface area contributed by atoms with Crippen LogP contribution in [0.3, 0.4) is 0 Å². The van der Waals surface area contributed by atoms with Crippen molar-refractivity contribution in [2.45, 2.75) is 36.7 Å². The zero-order valence-electron chi connectivity index (χ0n) is 13.0. The molecule has 5 atom stereocenters. The normalized spacial score (nSPS) is 33.0. The van der Waals surface area contributed by atoms with Crippen LogP contribution in [-0.2, 0) is 4.74 Å². The van der Waals surface area contributed by atoms with Crippen LogP contribution in [0.4, 0.5) is 0 Å². The van der Waals surface area contributed by atoms with E-state index in [1.807, 2.05) is 6.92 Å². The van der Waals surface area contributed by atoms with Gasteiger partial charge in [0.1, 0.15) is 29.8 Å². The number of aliphatic hydroxyl groups excluding tert-OH is 3. The number of nitrogens with zero attached hydrogens (tertiary/aromatic N) is 1. The molecule has 7 nitrogen and oxygen atoms in total. The van der Waals surface area contributed by atoms with Gasteiger partial charge in [-0.3, -0.25) is 14.5 Å². The second kappa shape index (κ2) is 6.81. The fourth-order valence-electron chi connectivity index (χ4n) is 3.12. The fourth-order valence-corrected chi connectivity index (χ4v) is 4.15. The Kier molecular flexibility index (Phi) is 4.93. The molecule has 1 fully saturated rings. The Morgan fingerprint density at radius 3 is 2.21 bits per heavy atom. The summed E-state index contributed by atoms with van der Waals surface area (Å²) in [5, 5.41) is 30.0. The second-order valence-electron chi connectivity index (χ2n) is 5.68. The number of carbonyl (C=O) groups excluding carboxylic acids is 2. The van der Waals surface area contributed by atoms with E-state index in [9.17, 15) is 24.9 Å². The Morgan fingerprint density at radius 2 is 1.71 bits per heavy atom. The molecule has 0 radical (unpaired) electrons. The van der Waals surface area contributed by atoms with Gasteiger partial charge in [-0.2, -0.15) is 0 Å². The van der Waals surface area contributed by atoms with Crippen LogP contribution >= 0.6 is 11.8 Å². The van der Waals surface area contributed by atoms with Gasteiger partial charge in [-0.1, -0.05) is 19.1 Å². The zero-order chi connectivity index (χ0) is 17.4. The number of fused-ring (bicyclic) bond motifs is 1. The van der Waals surface area contributed by atoms with Crippen molar-refractivity contribution in [2.75, 3.05) is 12.4 Å². The third-order valence-corrected chi connectivity index (χ3v) is 5.35. The lowest BCUT2D eigenvalue weighted by Gasteiger charge is -2.44. The van der Waals surface area contributed by atoms with Crippen LogP contribution in [0.2, 0.25) is 0 Å². The highest BCUT2D eigenvalue weighted by Gasteiger charge is 2.52. The SMILES string of the molecule is CCS[C@@H]1OC(CO)[C@@H](O)[C@H](O)C1N1C(=O)c2ccccc2C1=O. The predicted molar refractivity (Wildman–Crippen MR) is 86.6 cm³/mol. The summed E-state index contributed by atoms with van der Waals surface area (Å²) >= 11 is 1.30. The number of carbonyl (C=O) groups is 2. The van der Waals surface area contributed by atoms with Crippen molar-refractivity contribution in [3.05, 3.63) is 35.4 Å². The topological polar surface area (TPSA) is 107 Å². The number of amides is 2. The molecule has 3 rings (SSSR count). The van der Waals surface area contributed by atoms with E-state index in [1.165, 1.54) is 11.8 Å². The highest BCUT2D eigenvalue weighted by atomic mass is 32.2. The largest absolute Gasteiger partial charge is 0.394 e. The fraction of sp³-hybridized carbons (Fsp3) is 0.500. The van der Waals surface area contributed by atoms with E-state index in [0.29, 0.717) is 5.75 Å². The van der Waals surface area contributed by atoms with Gasteiger partial charge in [0, 0.05) is 0 Å². The number of benzene rings is 1. The van der Waals surface area contributed by atoms with Gasteiger partial charge < -0.3 is 20.1 Å². The summed E-state index contributed by atoms with van der Waals surface area (Å²) in [5.41, 5.74) is -0.185. The number of thioether (sulfide) groups is 1. The van der Waals surface area contributed by atoms with Crippen LogP contribution in [0.5, 0.6) is 0 Å². The van der Waals surface area contributed by atoms with Crippen LogP contribution in [0, 0.1) is 0 Å². The van der Waals surface area contributed by atoms with E-state index >= 15 is 0 Å². The Balaban J connectivity index is 1.97. The van der Waals surface area contributed by atoms with E-state index in [2.05, 4.69) is 0 Å². The molecule has 0 bridgehead atoms. The zero-order valence-corrected chi connectivity index (χ0v) is 13.8. The summed E-state index contributed by atoms with van der Waals surface area (Å²) in [5.74, 6) is -0.412. The molecule has 1 aromatic rings. The van der Waals surface area contributed by atoms with Gasteiger partial charge in [-0.05, 0) is 17.9 Å². The quantitative estimate of drug-likeness (QED) is 0.646. The molecule has 0 saturated carbocycles. The molecule has 3 N–H and O–H groups in total. The Hall–Kier alpha value is -1.45. The lowest BCUT2D eigenvalue weighted by molar-refractivity contribution is -0.181. The highest BCUT2D eigenvalue weighted by molar-refractivity contribution is 7.99. The molecular formula is C16H19NO6S. The molecule has 2 unspecified atom stereocenters. The van der Waals surface area contributed by atoms with Crippen molar-refractivity contribution in [2.24, 2.45) is 0 Å². The van der Waals surface area contributed by atoms with Crippen LogP contribution in [0.1, 0.15) is 27.6 Å². The Labute approximate surface area is 143 Å². The number of imide groups is 1. The molecule has 24 heavy (non-hydrogen) atoms. The predicted octanol–water partition coefficient (Wildman–Crippen LogP) is -0.157. The first-order valence-corrected chi connectivity index (χ1v) is 8.77. The molecule has 0 aliphatic carbocycles. The monoisotopic (exact) mass is 353 g/mol. The molecule has 8 heteroatoms. The van der Waals surface area contributed by atoms with Crippen molar-refractivity contribution < 1.29 is 29.6 Å². The Morgan fingerprint density at radius 1 is 1.12 bits per heavy atom. The van der Waals surface area contributed by atoms with Gasteiger partial charge in [-0.15, -0.1) is 11.8 Å². The summed E-state index contributed by atoms with van der Waals surface area (Å²) in [6.07, 6.45) is -3.75. The molecule has 2 aliphatic rings. The number of aliphatic hydroxyl groups is 3. The molecular weight excluding hydrogens is 334 g/mol. The lowest BCUT2D eigenvalue weighted by Crippen LogP contribution is -2.64. The maximum Gasteiger partial charge on any atom is 0.262 e. The molecule has 1 saturated heterocycles. The molecule has 2 heterocycles. The number of ether oxygens (including phenoxy) is 1. The van der Waals surface area contributed by atoms with Gasteiger partial charge >= 0.3 is 0 Å². The van der Waals surface area contributed by atoms with Gasteiger partial charge in [-0.25, -0.2) is 0 Å². The number of hydrogen-bond acceptors (Lipinski definition) is 7. The first-order valence-electron chi connectivity index (χ1n) is 7.72. The maximum absolute atomic E-state index is 12.7. The smallest absolute Gasteiger partial charge is 0.262 e. The molecule has 130 valence electrons. The van der Waals surface area contributed by atoms with Crippen molar-refractivity contribution in [3.8, 4) is 0 Å². The minimum atomic E-state index is -1.40. The van der Waals surface area contributed by atoms with Crippen molar-refractivity contribution in [1.29, 1.82) is 0 Å². The summed E-state index contributed by atoms with van der Waals surface area (Å²) in [7, 11) is 0. The number of rotatable bonds is 4. The minimum absolute atomic E-state index is 0.272. The lowest BCUT2D eigenvalue weighted by atomic mass is 9.97. The van der Waals surface area contributed by atoms with Gasteiger partial charge in [0.15, 0.2) is 0 Å². The van der Waals surface area contributed by atoms with Crippen LogP contribution in [0.15, 0.2) is 24.3 Å². The molecule has 0 spiro atoms. The van der Waals surface area contributed by atoms with Crippen LogP contribution < -0.4 is 0 Å². The minimum Gasteiger partial charge on any atom is -0.394 e. The van der Waals surface area contributed by atoms with Crippen molar-refractivity contribution >= 4 is 23.6 Å². The van der Waals surface area contributed by atoms with Crippen LogP contribution in [0.25, 0.3) is 0 Å². The summed E-state index contributed by atoms with van der Waals surface area (Å²) in [4.78, 5) is 26.3. The van der Waals surface area contributed by atoms with E-state index in [1.54, 1.807) is 24.3 Å². The standard InChI is InChI=1S/C16H19NO6S/c1-2-24-16-11(13(20)12(19)10(7-18)23-16)17-14(21)8-5-3-4-6-9(8)15(17)22/h3-6,10-13,16,18-20H,2,7H2,1H3/t10?,11?,12-,13-,16+/m1/s1. The van der Waals surface area contributed by atoms with E-state index in [-0.39, 0.29) is 11.1 Å². The number of hydrogen-bond donors (Lipinski definition) is 3. The molecule has 2 aliphatic heterocycles. The van der Waals surface area contributed by atoms with Crippen molar-refractivity contribution in [3.63, 3.8) is 0 Å². The van der Waals surface area contributed by atoms with Crippen molar-refractivity contribution in [1.82, 2.24) is 4.90 Å². The van der Waals surface area contributed by atoms with Crippen LogP contribution in [-0.4, -0.2) is 74.2 Å². The molecule has 0 aromatic heterocycles. The molecule has 2 amide bonds. The van der Waals surface area contributed by atoms with Gasteiger partial charge in [0.05, 0.1) is 17.7 Å². The Bertz CT molecular complexity index is 618. The van der Waals surface area contributed by atoms with E-state index < -0.39 is 48.2 Å². The van der Waals surface area contributed by atoms with E-state index in [4.69, 9.17) is 4.74 Å². The third kappa shape index (κ3) is 2.64. The molecule has 1 aromatic carbocycles. The first-order chi connectivity index (χ1) is 11.5. The maximum atomic E-state index is 12.7. The summed E-state index contributed by atoms with van der Waals surface area (Å²) in [6, 6.07) is 5.41. The second-order valence-corrected chi connectivity index (χ2v) is 7.05. The first kappa shape index (κ1) is 17.4. The van der Waals surface area contributed by atoms with Gasteiger partial charge in [0.25, 0.3) is 11.8 Å². The highest BCUT2D eigenvalue weighted by Crippen LogP contribution is 2.35. The average Bonchev–Trinajstić information content (AvgIpc) is 2.83. The third-order valence-electron chi connectivity index (χ3n) is 4.30. The van der Waals surface area contributed by atoms with Gasteiger partial charge in [0.2, 0.25) is 0 Å². The summed E-state index contributed by atoms with van der Waals surface area (Å²) < 4.78 is 5.64. The summed E-state index contributed by atoms with van der Waals surface area (Å²) in [6.45, 7) is 1.41.